The van der Waals surface area contributed by atoms with Crippen molar-refractivity contribution in [3.63, 3.8) is 0 Å². The molecule has 0 radical (unpaired) electrons. The second-order valence-electron chi connectivity index (χ2n) is 4.99. The quantitative estimate of drug-likeness (QED) is 0.793. The maximum atomic E-state index is 13.6. The lowest BCUT2D eigenvalue weighted by molar-refractivity contribution is -0.118. The lowest BCUT2D eigenvalue weighted by Gasteiger charge is -2.11. The second kappa shape index (κ2) is 7.06. The summed E-state index contributed by atoms with van der Waals surface area (Å²) in [6.45, 7) is 3.35. The Morgan fingerprint density at radius 3 is 2.43 bits per heavy atom. The molecule has 0 aromatic heterocycles. The summed E-state index contributed by atoms with van der Waals surface area (Å²) in [6, 6.07) is 5.37. The van der Waals surface area contributed by atoms with Crippen molar-refractivity contribution in [1.82, 2.24) is 0 Å². The molecule has 0 unspecified atom stereocenters. The van der Waals surface area contributed by atoms with Gasteiger partial charge in [-0.25, -0.2) is 4.39 Å². The summed E-state index contributed by atoms with van der Waals surface area (Å²) in [5.74, 6) is -1.26. The zero-order chi connectivity index (χ0) is 17.1. The molecule has 0 aliphatic rings. The molecule has 2 aromatic carbocycles. The number of nitrogens with one attached hydrogen (secondary N) is 1. The number of amides is 1. The van der Waals surface area contributed by atoms with E-state index in [1.807, 2.05) is 13.8 Å². The maximum absolute atomic E-state index is 13.6. The number of aromatic hydroxyl groups is 1. The third-order valence-electron chi connectivity index (χ3n) is 3.09. The van der Waals surface area contributed by atoms with E-state index in [0.717, 1.165) is 23.3 Å². The van der Waals surface area contributed by atoms with E-state index in [9.17, 15) is 14.3 Å². The Morgan fingerprint density at radius 1 is 1.22 bits per heavy atom. The van der Waals surface area contributed by atoms with Crippen LogP contribution in [0.1, 0.15) is 11.1 Å². The first-order chi connectivity index (χ1) is 10.8. The minimum absolute atomic E-state index is 0.0634. The van der Waals surface area contributed by atoms with Crippen molar-refractivity contribution < 1.29 is 19.0 Å². The molecular formula is C16H14Cl2FNO3. The predicted octanol–water partition coefficient (Wildman–Crippen LogP) is 4.47. The zero-order valence-corrected chi connectivity index (χ0v) is 13.9. The fraction of sp³-hybridized carbons (Fsp3) is 0.188. The van der Waals surface area contributed by atoms with E-state index in [1.165, 1.54) is 0 Å². The molecule has 1 amide bonds. The number of aryl methyl sites for hydroxylation is 2. The number of benzene rings is 2. The van der Waals surface area contributed by atoms with E-state index in [2.05, 4.69) is 5.32 Å². The average Bonchev–Trinajstić information content (AvgIpc) is 2.48. The van der Waals surface area contributed by atoms with Crippen LogP contribution in [0.25, 0.3) is 0 Å². The number of carbonyl (C=O) groups is 1. The van der Waals surface area contributed by atoms with Crippen LogP contribution in [-0.2, 0) is 4.79 Å². The highest BCUT2D eigenvalue weighted by molar-refractivity contribution is 6.32. The van der Waals surface area contributed by atoms with Gasteiger partial charge in [-0.2, -0.15) is 0 Å². The first-order valence-corrected chi connectivity index (χ1v) is 7.41. The number of phenolic OH excluding ortho intramolecular Hbond substituents is 1. The van der Waals surface area contributed by atoms with Gasteiger partial charge in [0.05, 0.1) is 10.7 Å². The molecule has 0 aliphatic carbocycles. The van der Waals surface area contributed by atoms with Gasteiger partial charge < -0.3 is 15.2 Å². The zero-order valence-electron chi connectivity index (χ0n) is 12.4. The van der Waals surface area contributed by atoms with Crippen LogP contribution in [0.3, 0.4) is 0 Å². The van der Waals surface area contributed by atoms with E-state index < -0.39 is 17.5 Å². The summed E-state index contributed by atoms with van der Waals surface area (Å²) in [5.41, 5.74) is 1.53. The predicted molar refractivity (Wildman–Crippen MR) is 88.1 cm³/mol. The van der Waals surface area contributed by atoms with Crippen molar-refractivity contribution in [2.75, 3.05) is 11.9 Å². The first-order valence-electron chi connectivity index (χ1n) is 6.65. The molecule has 2 rings (SSSR count). The van der Waals surface area contributed by atoms with Gasteiger partial charge in [-0.3, -0.25) is 4.79 Å². The number of anilines is 1. The standard InChI is InChI=1S/C16H14Cl2FNO3/c1-8-3-10(4-9(2)16(8)18)23-7-15(22)20-13-5-11(17)14(21)6-12(13)19/h3-6,21H,7H2,1-2H3,(H,20,22). The molecule has 7 heteroatoms. The molecule has 0 saturated heterocycles. The number of hydrogen-bond acceptors (Lipinski definition) is 3. The largest absolute Gasteiger partial charge is 0.506 e. The first kappa shape index (κ1) is 17.4. The van der Waals surface area contributed by atoms with Crippen LogP contribution in [0.5, 0.6) is 11.5 Å². The Morgan fingerprint density at radius 2 is 1.83 bits per heavy atom. The number of ether oxygens (including phenoxy) is 1. The number of rotatable bonds is 4. The number of hydrogen-bond donors (Lipinski definition) is 2. The van der Waals surface area contributed by atoms with E-state index in [4.69, 9.17) is 27.9 Å². The monoisotopic (exact) mass is 357 g/mol. The Hall–Kier alpha value is -1.98. The van der Waals surface area contributed by atoms with Crippen LogP contribution >= 0.6 is 23.2 Å². The topological polar surface area (TPSA) is 58.6 Å². The van der Waals surface area contributed by atoms with Gasteiger partial charge in [0, 0.05) is 11.1 Å². The highest BCUT2D eigenvalue weighted by atomic mass is 35.5. The van der Waals surface area contributed by atoms with Gasteiger partial charge in [0.25, 0.3) is 5.91 Å². The smallest absolute Gasteiger partial charge is 0.262 e. The summed E-state index contributed by atoms with van der Waals surface area (Å²) in [7, 11) is 0. The fourth-order valence-electron chi connectivity index (χ4n) is 1.96. The van der Waals surface area contributed by atoms with Crippen molar-refractivity contribution in [2.24, 2.45) is 0 Å². The van der Waals surface area contributed by atoms with E-state index in [0.29, 0.717) is 10.8 Å². The molecule has 23 heavy (non-hydrogen) atoms. The number of carbonyl (C=O) groups excluding carboxylic acids is 1. The second-order valence-corrected chi connectivity index (χ2v) is 5.78. The minimum Gasteiger partial charge on any atom is -0.506 e. The van der Waals surface area contributed by atoms with Gasteiger partial charge >= 0.3 is 0 Å². The molecule has 0 fully saturated rings. The van der Waals surface area contributed by atoms with E-state index in [-0.39, 0.29) is 17.3 Å². The SMILES string of the molecule is Cc1cc(OCC(=O)Nc2cc(Cl)c(O)cc2F)cc(C)c1Cl. The fourth-order valence-corrected chi connectivity index (χ4v) is 2.23. The Labute approximate surface area is 142 Å². The average molecular weight is 358 g/mol. The molecule has 4 nitrogen and oxygen atoms in total. The van der Waals surface area contributed by atoms with Gasteiger partial charge in [-0.05, 0) is 43.2 Å². The summed E-state index contributed by atoms with van der Waals surface area (Å²) in [4.78, 5) is 11.8. The molecular weight excluding hydrogens is 344 g/mol. The van der Waals surface area contributed by atoms with Crippen LogP contribution in [-0.4, -0.2) is 17.6 Å². The van der Waals surface area contributed by atoms with E-state index >= 15 is 0 Å². The van der Waals surface area contributed by atoms with Crippen LogP contribution < -0.4 is 10.1 Å². The maximum Gasteiger partial charge on any atom is 0.262 e. The van der Waals surface area contributed by atoms with Crippen LogP contribution in [0.15, 0.2) is 24.3 Å². The molecule has 0 atom stereocenters. The molecule has 2 aromatic rings. The highest BCUT2D eigenvalue weighted by Gasteiger charge is 2.12. The Kier molecular flexibility index (Phi) is 5.34. The Balaban J connectivity index is 2.02. The summed E-state index contributed by atoms with van der Waals surface area (Å²) >= 11 is 11.7. The molecule has 0 aliphatic heterocycles. The van der Waals surface area contributed by atoms with Gasteiger partial charge in [0.1, 0.15) is 17.3 Å². The van der Waals surface area contributed by atoms with Crippen LogP contribution in [0.4, 0.5) is 10.1 Å². The van der Waals surface area contributed by atoms with Crippen molar-refractivity contribution in [3.8, 4) is 11.5 Å². The highest BCUT2D eigenvalue weighted by Crippen LogP contribution is 2.29. The van der Waals surface area contributed by atoms with Crippen LogP contribution in [0.2, 0.25) is 10.0 Å². The molecule has 0 bridgehead atoms. The molecule has 0 saturated carbocycles. The van der Waals surface area contributed by atoms with Gasteiger partial charge in [-0.15, -0.1) is 0 Å². The summed E-state index contributed by atoms with van der Waals surface area (Å²) in [6.07, 6.45) is 0. The third-order valence-corrected chi connectivity index (χ3v) is 3.99. The molecule has 0 spiro atoms. The molecule has 2 N–H and O–H groups in total. The van der Waals surface area contributed by atoms with Crippen molar-refractivity contribution in [1.29, 1.82) is 0 Å². The molecule has 0 heterocycles. The summed E-state index contributed by atoms with van der Waals surface area (Å²) < 4.78 is 19.0. The van der Waals surface area contributed by atoms with Gasteiger partial charge in [0.2, 0.25) is 0 Å². The number of halogens is 3. The van der Waals surface area contributed by atoms with Gasteiger partial charge in [0.15, 0.2) is 6.61 Å². The third kappa shape index (κ3) is 4.27. The minimum atomic E-state index is -0.793. The summed E-state index contributed by atoms with van der Waals surface area (Å²) in [5, 5.41) is 12.2. The Bertz CT molecular complexity index is 742. The van der Waals surface area contributed by atoms with Crippen molar-refractivity contribution in [2.45, 2.75) is 13.8 Å². The van der Waals surface area contributed by atoms with E-state index in [1.54, 1.807) is 12.1 Å². The van der Waals surface area contributed by atoms with Crippen LogP contribution in [0, 0.1) is 19.7 Å². The lowest BCUT2D eigenvalue weighted by Crippen LogP contribution is -2.20. The normalized spacial score (nSPS) is 10.5. The number of phenols is 1. The van der Waals surface area contributed by atoms with Crippen molar-refractivity contribution >= 4 is 34.8 Å². The van der Waals surface area contributed by atoms with Gasteiger partial charge in [-0.1, -0.05) is 23.2 Å². The van der Waals surface area contributed by atoms with Crippen molar-refractivity contribution in [3.05, 3.63) is 51.3 Å². The molecule has 122 valence electrons. The lowest BCUT2D eigenvalue weighted by atomic mass is 10.1.